The van der Waals surface area contributed by atoms with E-state index in [9.17, 15) is 83.6 Å². The Hall–Kier alpha value is -4.40. The molecule has 3 aliphatic rings. The number of phenols is 1. The summed E-state index contributed by atoms with van der Waals surface area (Å²) in [6.45, 7) is 31.2. The molecule has 3 fully saturated rings. The van der Waals surface area contributed by atoms with Crippen LogP contribution >= 0.6 is 102 Å². The third-order valence-electron chi connectivity index (χ3n) is 19.4. The van der Waals surface area contributed by atoms with Crippen molar-refractivity contribution in [2.75, 3.05) is 26.3 Å². The third-order valence-corrected chi connectivity index (χ3v) is 22.3. The summed E-state index contributed by atoms with van der Waals surface area (Å²) in [7, 11) is 0. The summed E-state index contributed by atoms with van der Waals surface area (Å²) >= 11 is 14.1. The molecular weight excluding hydrogens is 2450 g/mol. The summed E-state index contributed by atoms with van der Waals surface area (Å²) in [6.07, 6.45) is 9.56. The molecule has 6 aromatic carbocycles. The number of phenolic OH excluding ortho intramolecular Hbond substituents is 1. The fraction of sp³-hybridized carbons (Fsp3) is 0.533. The van der Waals surface area contributed by atoms with Crippen LogP contribution in [-0.4, -0.2) is 177 Å². The van der Waals surface area contributed by atoms with Crippen molar-refractivity contribution in [3.8, 4) is 34.5 Å². The molecule has 0 aromatic heterocycles. The summed E-state index contributed by atoms with van der Waals surface area (Å²) in [6, 6.07) is 45.1. The van der Waals surface area contributed by atoms with E-state index in [1.807, 2.05) is 184 Å². The molecule has 0 aliphatic heterocycles. The van der Waals surface area contributed by atoms with Crippen molar-refractivity contribution >= 4 is 156 Å². The zero-order valence-electron chi connectivity index (χ0n) is 87.5. The van der Waals surface area contributed by atoms with Gasteiger partial charge in [-0.2, -0.15) is 39.5 Å². The number of benzene rings is 6. The van der Waals surface area contributed by atoms with E-state index in [-0.39, 0.29) is 173 Å². The molecule has 0 saturated heterocycles. The van der Waals surface area contributed by atoms with Crippen molar-refractivity contribution in [3.05, 3.63) is 196 Å². The fourth-order valence-electron chi connectivity index (χ4n) is 12.4. The van der Waals surface area contributed by atoms with Gasteiger partial charge in [-0.1, -0.05) is 137 Å². The number of halogens is 14. The first kappa shape index (κ1) is 148. The maximum atomic E-state index is 12.2. The van der Waals surface area contributed by atoms with Gasteiger partial charge >= 0.3 is 145 Å². The average molecular weight is 2600 g/mol. The van der Waals surface area contributed by atoms with Crippen molar-refractivity contribution in [1.82, 2.24) is 4.84 Å². The van der Waals surface area contributed by atoms with Crippen LogP contribution in [0.15, 0.2) is 170 Å². The number of nitrogens with one attached hydrogen (secondary N) is 1. The average Bonchev–Trinajstić information content (AvgIpc) is 0.855. The van der Waals surface area contributed by atoms with Crippen LogP contribution in [0.25, 0.3) is 12.2 Å². The van der Waals surface area contributed by atoms with Crippen LogP contribution in [-0.2, 0) is 57.4 Å². The van der Waals surface area contributed by atoms with Gasteiger partial charge < -0.3 is 85.5 Å². The topological polar surface area (TPSA) is 374 Å². The van der Waals surface area contributed by atoms with Crippen LogP contribution in [0.5, 0.6) is 34.5 Å². The smallest absolute Gasteiger partial charge is 1.00 e. The Morgan fingerprint density at radius 3 is 1.02 bits per heavy atom. The van der Waals surface area contributed by atoms with Crippen LogP contribution in [0, 0.1) is 14.3 Å². The molecule has 6 aromatic rings. The normalized spacial score (nSPS) is 14.8. The van der Waals surface area contributed by atoms with E-state index in [1.165, 1.54) is 30.3 Å². The van der Waals surface area contributed by atoms with Crippen molar-refractivity contribution in [2.24, 2.45) is 5.73 Å². The number of ether oxygens (including phenoxy) is 9. The van der Waals surface area contributed by atoms with Crippen molar-refractivity contribution in [1.29, 1.82) is 0 Å². The van der Waals surface area contributed by atoms with Crippen LogP contribution in [0.1, 0.15) is 264 Å². The molecule has 146 heavy (non-hydrogen) atoms. The predicted octanol–water partition coefficient (Wildman–Crippen LogP) is 18.7. The first-order chi connectivity index (χ1) is 67.1. The van der Waals surface area contributed by atoms with Gasteiger partial charge in [0.15, 0.2) is 0 Å². The predicted molar refractivity (Wildman–Crippen MR) is 573 cm³/mol. The third kappa shape index (κ3) is 82.2. The zero-order valence-corrected chi connectivity index (χ0v) is 102. The maximum absolute atomic E-state index is 12.2. The Kier molecular flexibility index (Phi) is 82.3. The number of esters is 4. The van der Waals surface area contributed by atoms with Gasteiger partial charge in [-0.25, -0.2) is 9.63 Å². The van der Waals surface area contributed by atoms with Gasteiger partial charge in [0.05, 0.1) is 54.4 Å². The zero-order chi connectivity index (χ0) is 110. The molecular formula is C105H146ClF9I4K2N2O23. The molecule has 814 valence electrons. The number of aromatic hydroxyl groups is 1. The maximum Gasteiger partial charge on any atom is 1.00 e. The Bertz CT molecular complexity index is 4660. The van der Waals surface area contributed by atoms with Gasteiger partial charge in [-0.05, 0) is 371 Å². The number of hydrogen-bond donors (Lipinski definition) is 7. The second-order valence-corrected chi connectivity index (χ2v) is 40.7. The number of carbonyl (C=O) groups excluding carboxylic acids is 7. The second-order valence-electron chi connectivity index (χ2n) is 35.4. The quantitative estimate of drug-likeness (QED) is 0.00192. The fourth-order valence-corrected chi connectivity index (χ4v) is 14.6. The SMILES string of the molecule is C=CC1(O)CCCCC1.CCOC(=O)C(F)(F)F.CCOC(C)=O.C[C@@H](CCC(=O)C(F)(F)F)Oc1cccc(/C=C/C2(O)CCCCC2)c1.C[C@@H](CCC(=O)C(F)(F)F)Oc1cccc(I)c1.C[C@@H](CCC(=O)OC(C)(C)C)Oc1cccc(I)c1.C[C@@H](CN)Oc1cccc(/C=C/C2(O)CCCCC2)c1.C[C@@H](CNCl)Oc1cccc(I)c1.C[C@@H](O)CCC(=O)OC(C)(C)C.O=CO[O-].Oc1cccc(I)c1.[H-].[K+].[K+]. The first-order valence-electron chi connectivity index (χ1n) is 47.0. The molecule has 0 bridgehead atoms. The molecule has 0 unspecified atom stereocenters. The standard InChI is InChI=1S/C20H25F3O3.C17H25NO2.C15H21IO3.C12H12F3IO2.C9H11ClINO.C9H18O3.C8H14O.C6H5IO.C4H5F3O2.C4H8O2.CH2O3.2K.H/c1-15(8-9-18(24)20(21,22)23)26-17-7-5-6-16(14-17)10-13-19(25)11-3-2-4-12-19;1-14(13-18)20-16-7-5-6-15(12-16)8-11-17(19)9-3-2-4-10-17;1-11(8-9-14(17)19-15(2,3)4)18-13-7-5-6-12(16)10-13;1-8(5-6-11(17)12(13,14)15)18-10-4-2-3-9(16)7-10;1-7(6-12-10)13-9-4-2-3-8(11)5-9;1-7(10)5-6-8(11)12-9(2,3)4;1-2-8(9)6-4-3-5-7-8;7-5-2-1-3-6(8)4-5;1-2-9-3(8)4(5,6)7;1-3-6-4(2)5;2-1-4-3;;;/h5-7,10,13-15,25H,2-4,8-9,11-12H2,1H3;5-8,11-12,14,19H,2-4,9-10,13,18H2,1H3;5-7,10-11H,8-9H2,1-4H3;2-4,7-8H,5-6H2,1H3;2-5,7,12H,6H2,1H3;7,10H,5-6H2,1-4H3;2,9H,1,3-7H2;1-4,8H;2H2,1H3;3H2,1-2H3;1,3H;;;/q;;;;;;;;;;;2*+1;-1/p-1/b13-10+;11-8+;;;;;;;;;;;;/t15-;14-;11-;8-;2*7-;;;;;;;;/m000001......../s1. The molecule has 41 heteroatoms. The molecule has 6 atom stereocenters. The number of aliphatic hydroxyl groups excluding tert-OH is 1. The molecule has 8 N–H and O–H groups in total. The molecule has 0 spiro atoms. The van der Waals surface area contributed by atoms with E-state index in [0.717, 1.165) is 123 Å². The Labute approximate surface area is 1000 Å². The van der Waals surface area contributed by atoms with E-state index >= 15 is 0 Å². The number of carbonyl (C=O) groups is 7. The second kappa shape index (κ2) is 81.3. The van der Waals surface area contributed by atoms with E-state index in [0.29, 0.717) is 56.2 Å². The summed E-state index contributed by atoms with van der Waals surface area (Å²) in [5.74, 6) is -2.22. The van der Waals surface area contributed by atoms with Gasteiger partial charge in [-0.3, -0.25) is 28.8 Å². The van der Waals surface area contributed by atoms with Gasteiger partial charge in [0.25, 0.3) is 6.47 Å². The minimum absolute atomic E-state index is 0. The Balaban J connectivity index is -0.000000517. The van der Waals surface area contributed by atoms with Crippen molar-refractivity contribution < 1.29 is 256 Å². The van der Waals surface area contributed by atoms with Gasteiger partial charge in [0.2, 0.25) is 11.6 Å². The summed E-state index contributed by atoms with van der Waals surface area (Å²) in [4.78, 5) is 77.6. The van der Waals surface area contributed by atoms with E-state index in [2.05, 4.69) is 116 Å². The molecule has 3 aliphatic carbocycles. The number of hydrogen-bond acceptors (Lipinski definition) is 25. The summed E-state index contributed by atoms with van der Waals surface area (Å²) < 4.78 is 157. The van der Waals surface area contributed by atoms with Crippen LogP contribution in [0.3, 0.4) is 0 Å². The van der Waals surface area contributed by atoms with Gasteiger partial charge in [-0.15, -0.1) is 6.58 Å². The van der Waals surface area contributed by atoms with Crippen molar-refractivity contribution in [2.45, 2.75) is 335 Å². The van der Waals surface area contributed by atoms with Crippen LogP contribution in [0.4, 0.5) is 39.5 Å². The molecule has 25 nitrogen and oxygen atoms in total. The summed E-state index contributed by atoms with van der Waals surface area (Å²) in [5, 5.41) is 56.6. The summed E-state index contributed by atoms with van der Waals surface area (Å²) in [5.41, 5.74) is 4.71. The van der Waals surface area contributed by atoms with Gasteiger partial charge in [0, 0.05) is 60.0 Å². The number of rotatable bonds is 33. The number of ketones is 2. The molecule has 3 saturated carbocycles. The molecule has 0 heterocycles. The van der Waals surface area contributed by atoms with E-state index in [1.54, 1.807) is 82.3 Å². The monoisotopic (exact) mass is 2590 g/mol. The largest absolute Gasteiger partial charge is 1.00 e. The Morgan fingerprint density at radius 1 is 0.473 bits per heavy atom. The minimum atomic E-state index is -4.85. The number of Topliss-reactive ketones (excluding diaryl/α,β-unsaturated/α-hetero) is 2. The van der Waals surface area contributed by atoms with Gasteiger partial charge in [0.1, 0.15) is 57.9 Å². The van der Waals surface area contributed by atoms with Crippen molar-refractivity contribution in [3.63, 3.8) is 0 Å². The van der Waals surface area contributed by atoms with Crippen LogP contribution in [0.2, 0.25) is 0 Å². The number of aliphatic hydroxyl groups is 4. The van der Waals surface area contributed by atoms with E-state index in [4.69, 9.17) is 70.9 Å². The van der Waals surface area contributed by atoms with E-state index < -0.39 is 95.2 Å². The number of alkyl halides is 9. The minimum Gasteiger partial charge on any atom is -1.00 e. The van der Waals surface area contributed by atoms with Crippen LogP contribution < -0.4 is 142 Å². The molecule has 9 rings (SSSR count). The Morgan fingerprint density at radius 2 is 0.774 bits per heavy atom. The molecule has 0 amide bonds. The molecule has 0 radical (unpaired) electrons. The number of nitrogens with two attached hydrogens (primary N) is 1. The first-order valence-corrected chi connectivity index (χ1v) is 51.7.